The SMILES string of the molecule is O=C(CSc1nc2ccccc2c(=O)n1C1CC1)N1CCC(c2ccccc2)=N1. The number of benzene rings is 2. The molecule has 1 amide bonds. The summed E-state index contributed by atoms with van der Waals surface area (Å²) < 4.78 is 1.77. The number of amides is 1. The van der Waals surface area contributed by atoms with E-state index >= 15 is 0 Å². The van der Waals surface area contributed by atoms with Crippen LogP contribution < -0.4 is 5.56 Å². The number of para-hydroxylation sites is 1. The van der Waals surface area contributed by atoms with Gasteiger partial charge < -0.3 is 0 Å². The molecule has 7 heteroatoms. The van der Waals surface area contributed by atoms with Gasteiger partial charge >= 0.3 is 0 Å². The summed E-state index contributed by atoms with van der Waals surface area (Å²) in [5.41, 5.74) is 2.64. The molecule has 1 fully saturated rings. The number of hydrogen-bond acceptors (Lipinski definition) is 5. The molecule has 0 saturated heterocycles. The molecular weight excluding hydrogens is 384 g/mol. The zero-order valence-electron chi connectivity index (χ0n) is 15.8. The van der Waals surface area contributed by atoms with Gasteiger partial charge in [0, 0.05) is 12.5 Å². The highest BCUT2D eigenvalue weighted by atomic mass is 32.2. The lowest BCUT2D eigenvalue weighted by Crippen LogP contribution is -2.27. The van der Waals surface area contributed by atoms with Crippen molar-refractivity contribution in [2.45, 2.75) is 30.5 Å². The molecule has 2 heterocycles. The number of hydrazone groups is 1. The van der Waals surface area contributed by atoms with Crippen LogP contribution in [-0.4, -0.2) is 38.5 Å². The summed E-state index contributed by atoms with van der Waals surface area (Å²) in [6.45, 7) is 0.588. The summed E-state index contributed by atoms with van der Waals surface area (Å²) in [4.78, 5) is 30.3. The Bertz CT molecular complexity index is 1170. The van der Waals surface area contributed by atoms with Crippen LogP contribution in [0.1, 0.15) is 30.9 Å². The lowest BCUT2D eigenvalue weighted by atomic mass is 10.1. The van der Waals surface area contributed by atoms with Crippen LogP contribution in [0.25, 0.3) is 10.9 Å². The molecule has 1 saturated carbocycles. The first-order chi connectivity index (χ1) is 14.2. The molecule has 1 aliphatic heterocycles. The maximum absolute atomic E-state index is 12.9. The largest absolute Gasteiger partial charge is 0.284 e. The lowest BCUT2D eigenvalue weighted by molar-refractivity contribution is -0.127. The van der Waals surface area contributed by atoms with E-state index < -0.39 is 0 Å². The number of fused-ring (bicyclic) bond motifs is 1. The van der Waals surface area contributed by atoms with E-state index in [9.17, 15) is 9.59 Å². The van der Waals surface area contributed by atoms with Crippen molar-refractivity contribution in [3.8, 4) is 0 Å². The lowest BCUT2D eigenvalue weighted by Gasteiger charge is -2.14. The second kappa shape index (κ2) is 7.48. The quantitative estimate of drug-likeness (QED) is 0.482. The molecule has 2 aliphatic rings. The normalized spacial score (nSPS) is 16.3. The fourth-order valence-corrected chi connectivity index (χ4v) is 4.49. The molecule has 0 radical (unpaired) electrons. The Balaban J connectivity index is 1.36. The van der Waals surface area contributed by atoms with Gasteiger partial charge in [-0.25, -0.2) is 9.99 Å². The van der Waals surface area contributed by atoms with E-state index in [1.165, 1.54) is 16.8 Å². The van der Waals surface area contributed by atoms with Crippen molar-refractivity contribution in [1.82, 2.24) is 14.6 Å². The number of aromatic nitrogens is 2. The van der Waals surface area contributed by atoms with Crippen LogP contribution in [0.3, 0.4) is 0 Å². The maximum atomic E-state index is 12.9. The Kier molecular flexibility index (Phi) is 4.67. The molecule has 29 heavy (non-hydrogen) atoms. The first-order valence-electron chi connectivity index (χ1n) is 9.78. The third kappa shape index (κ3) is 3.58. The Hall–Kier alpha value is -2.93. The van der Waals surface area contributed by atoms with Gasteiger partial charge in [0.1, 0.15) is 0 Å². The van der Waals surface area contributed by atoms with Crippen LogP contribution >= 0.6 is 11.8 Å². The minimum absolute atomic E-state index is 0.0152. The second-order valence-electron chi connectivity index (χ2n) is 7.29. The van der Waals surface area contributed by atoms with Crippen LogP contribution in [-0.2, 0) is 4.79 Å². The van der Waals surface area contributed by atoms with Gasteiger partial charge in [-0.2, -0.15) is 5.10 Å². The molecule has 3 aromatic rings. The van der Waals surface area contributed by atoms with Crippen molar-refractivity contribution in [3.63, 3.8) is 0 Å². The van der Waals surface area contributed by atoms with E-state index in [1.807, 2.05) is 54.6 Å². The van der Waals surface area contributed by atoms with Gasteiger partial charge in [-0.1, -0.05) is 54.2 Å². The Morgan fingerprint density at radius 1 is 1.07 bits per heavy atom. The smallest absolute Gasteiger partial charge is 0.262 e. The van der Waals surface area contributed by atoms with Crippen LogP contribution in [0.5, 0.6) is 0 Å². The third-order valence-corrected chi connectivity index (χ3v) is 6.15. The Labute approximate surface area is 172 Å². The van der Waals surface area contributed by atoms with E-state index in [2.05, 4.69) is 10.1 Å². The molecule has 0 N–H and O–H groups in total. The van der Waals surface area contributed by atoms with E-state index in [4.69, 9.17) is 0 Å². The molecular formula is C22H20N4O2S. The van der Waals surface area contributed by atoms with Crippen molar-refractivity contribution in [1.29, 1.82) is 0 Å². The molecule has 0 unspecified atom stereocenters. The zero-order valence-corrected chi connectivity index (χ0v) is 16.6. The monoisotopic (exact) mass is 404 g/mol. The molecule has 1 aliphatic carbocycles. The molecule has 1 aromatic heterocycles. The molecule has 6 nitrogen and oxygen atoms in total. The van der Waals surface area contributed by atoms with Gasteiger partial charge in [-0.15, -0.1) is 0 Å². The van der Waals surface area contributed by atoms with Gasteiger partial charge in [-0.05, 0) is 30.5 Å². The van der Waals surface area contributed by atoms with Crippen molar-refractivity contribution in [3.05, 3.63) is 70.5 Å². The topological polar surface area (TPSA) is 67.6 Å². The fourth-order valence-electron chi connectivity index (χ4n) is 3.55. The van der Waals surface area contributed by atoms with Crippen LogP contribution in [0, 0.1) is 0 Å². The number of nitrogens with zero attached hydrogens (tertiary/aromatic N) is 4. The van der Waals surface area contributed by atoms with Crippen molar-refractivity contribution in [2.75, 3.05) is 12.3 Å². The Morgan fingerprint density at radius 2 is 1.83 bits per heavy atom. The number of carbonyl (C=O) groups excluding carboxylic acids is 1. The van der Waals surface area contributed by atoms with E-state index in [0.717, 1.165) is 30.5 Å². The first kappa shape index (κ1) is 18.1. The van der Waals surface area contributed by atoms with Gasteiger partial charge in [0.15, 0.2) is 5.16 Å². The van der Waals surface area contributed by atoms with Crippen molar-refractivity contribution < 1.29 is 4.79 Å². The van der Waals surface area contributed by atoms with Gasteiger partial charge in [0.25, 0.3) is 11.5 Å². The maximum Gasteiger partial charge on any atom is 0.262 e. The van der Waals surface area contributed by atoms with Crippen LogP contribution in [0.4, 0.5) is 0 Å². The second-order valence-corrected chi connectivity index (χ2v) is 8.23. The van der Waals surface area contributed by atoms with Gasteiger partial charge in [0.05, 0.1) is 28.9 Å². The first-order valence-corrected chi connectivity index (χ1v) is 10.8. The highest BCUT2D eigenvalue weighted by molar-refractivity contribution is 7.99. The van der Waals surface area contributed by atoms with E-state index in [0.29, 0.717) is 22.6 Å². The molecule has 2 aromatic carbocycles. The summed E-state index contributed by atoms with van der Waals surface area (Å²) in [6.07, 6.45) is 2.72. The molecule has 0 bridgehead atoms. The summed E-state index contributed by atoms with van der Waals surface area (Å²) in [5, 5.41) is 7.30. The fraction of sp³-hybridized carbons (Fsp3) is 0.273. The summed E-state index contributed by atoms with van der Waals surface area (Å²) >= 11 is 1.33. The highest BCUT2D eigenvalue weighted by Gasteiger charge is 2.29. The van der Waals surface area contributed by atoms with Crippen molar-refractivity contribution in [2.24, 2.45) is 5.10 Å². The van der Waals surface area contributed by atoms with Gasteiger partial charge in [-0.3, -0.25) is 14.2 Å². The third-order valence-electron chi connectivity index (χ3n) is 5.21. The van der Waals surface area contributed by atoms with Gasteiger partial charge in [0.2, 0.25) is 0 Å². The Morgan fingerprint density at radius 3 is 2.62 bits per heavy atom. The number of rotatable bonds is 5. The van der Waals surface area contributed by atoms with Crippen LogP contribution in [0.2, 0.25) is 0 Å². The standard InChI is InChI=1S/C22H20N4O2S/c27-20(25-13-12-18(24-25)15-6-2-1-3-7-15)14-29-22-23-19-9-5-4-8-17(19)21(28)26(22)16-10-11-16/h1-9,16H,10-14H2. The molecule has 0 spiro atoms. The average molecular weight is 404 g/mol. The number of hydrogen-bond donors (Lipinski definition) is 0. The summed E-state index contributed by atoms with van der Waals surface area (Å²) in [7, 11) is 0. The number of thioether (sulfide) groups is 1. The minimum atomic E-state index is -0.0642. The van der Waals surface area contributed by atoms with Crippen LogP contribution in [0.15, 0.2) is 69.6 Å². The molecule has 146 valence electrons. The molecule has 5 rings (SSSR count). The molecule has 0 atom stereocenters. The summed E-state index contributed by atoms with van der Waals surface area (Å²) in [6, 6.07) is 17.5. The average Bonchev–Trinajstić information content (AvgIpc) is 3.47. The highest BCUT2D eigenvalue weighted by Crippen LogP contribution is 2.36. The zero-order chi connectivity index (χ0) is 19.8. The van der Waals surface area contributed by atoms with E-state index in [1.54, 1.807) is 4.57 Å². The minimum Gasteiger partial charge on any atom is -0.284 e. The summed E-state index contributed by atoms with van der Waals surface area (Å²) in [5.74, 6) is 0.147. The predicted molar refractivity (Wildman–Crippen MR) is 114 cm³/mol. The number of carbonyl (C=O) groups is 1. The predicted octanol–water partition coefficient (Wildman–Crippen LogP) is 3.46. The van der Waals surface area contributed by atoms with E-state index in [-0.39, 0.29) is 23.3 Å². The van der Waals surface area contributed by atoms with Crippen molar-refractivity contribution >= 4 is 34.3 Å².